The van der Waals surface area contributed by atoms with Crippen molar-refractivity contribution in [1.29, 1.82) is 0 Å². The second kappa shape index (κ2) is 7.06. The van der Waals surface area contributed by atoms with Crippen molar-refractivity contribution >= 4 is 22.6 Å². The summed E-state index contributed by atoms with van der Waals surface area (Å²) >= 11 is 0. The Bertz CT molecular complexity index is 1030. The number of benzene rings is 3. The highest BCUT2D eigenvalue weighted by Gasteiger charge is 2.07. The molecule has 4 aromatic rings. The van der Waals surface area contributed by atoms with Crippen LogP contribution >= 0.6 is 0 Å². The molecule has 0 fully saturated rings. The summed E-state index contributed by atoms with van der Waals surface area (Å²) in [5.41, 5.74) is 3.87. The number of anilines is 1. The SMILES string of the molecule is O=C(Nc1ccccc1)c1ccc(COn2nnc3ccccc32)cc1. The predicted octanol–water partition coefficient (Wildman–Crippen LogP) is 3.31. The van der Waals surface area contributed by atoms with Crippen LogP contribution in [-0.2, 0) is 6.61 Å². The van der Waals surface area contributed by atoms with E-state index in [-0.39, 0.29) is 5.91 Å². The van der Waals surface area contributed by atoms with Gasteiger partial charge >= 0.3 is 0 Å². The number of amides is 1. The van der Waals surface area contributed by atoms with Crippen LogP contribution in [-0.4, -0.2) is 21.1 Å². The van der Waals surface area contributed by atoms with Crippen molar-refractivity contribution in [3.63, 3.8) is 0 Å². The molecular weight excluding hydrogens is 328 g/mol. The van der Waals surface area contributed by atoms with Crippen molar-refractivity contribution in [1.82, 2.24) is 15.2 Å². The third-order valence-electron chi connectivity index (χ3n) is 3.92. The number of nitrogens with one attached hydrogen (secondary N) is 1. The van der Waals surface area contributed by atoms with Gasteiger partial charge in [-0.25, -0.2) is 0 Å². The van der Waals surface area contributed by atoms with Crippen LogP contribution in [0.25, 0.3) is 11.0 Å². The molecule has 0 aliphatic heterocycles. The fraction of sp³-hybridized carbons (Fsp3) is 0.0500. The highest BCUT2D eigenvalue weighted by atomic mass is 16.7. The maximum atomic E-state index is 12.3. The summed E-state index contributed by atoms with van der Waals surface area (Å²) in [7, 11) is 0. The Kier molecular flexibility index (Phi) is 4.30. The molecule has 0 saturated heterocycles. The van der Waals surface area contributed by atoms with Crippen LogP contribution in [0.3, 0.4) is 0 Å². The van der Waals surface area contributed by atoms with Gasteiger partial charge in [0.25, 0.3) is 5.91 Å². The maximum absolute atomic E-state index is 12.3. The topological polar surface area (TPSA) is 69.0 Å². The van der Waals surface area contributed by atoms with Crippen LogP contribution in [0.15, 0.2) is 78.9 Å². The zero-order valence-corrected chi connectivity index (χ0v) is 13.9. The average Bonchev–Trinajstić information content (AvgIpc) is 3.11. The van der Waals surface area contributed by atoms with Gasteiger partial charge in [0.2, 0.25) is 0 Å². The molecule has 4 rings (SSSR count). The largest absolute Gasteiger partial charge is 0.390 e. The van der Waals surface area contributed by atoms with Gasteiger partial charge in [-0.05, 0) is 47.2 Å². The first-order valence-electron chi connectivity index (χ1n) is 8.19. The molecule has 1 heterocycles. The molecule has 1 aromatic heterocycles. The summed E-state index contributed by atoms with van der Waals surface area (Å²) in [5.74, 6) is -0.147. The molecule has 0 bridgehead atoms. The number of hydrogen-bond donors (Lipinski definition) is 1. The molecule has 3 aromatic carbocycles. The van der Waals surface area contributed by atoms with Crippen molar-refractivity contribution in [2.75, 3.05) is 5.32 Å². The zero-order chi connectivity index (χ0) is 17.8. The molecule has 0 aliphatic carbocycles. The smallest absolute Gasteiger partial charge is 0.255 e. The Morgan fingerprint density at radius 3 is 2.46 bits per heavy atom. The lowest BCUT2D eigenvalue weighted by Crippen LogP contribution is -2.14. The number of fused-ring (bicyclic) bond motifs is 1. The lowest BCUT2D eigenvalue weighted by molar-refractivity contribution is 0.0751. The normalized spacial score (nSPS) is 10.6. The number of carbonyl (C=O) groups is 1. The molecule has 26 heavy (non-hydrogen) atoms. The first-order chi connectivity index (χ1) is 12.8. The van der Waals surface area contributed by atoms with Gasteiger partial charge in [0.15, 0.2) is 0 Å². The number of para-hydroxylation sites is 2. The van der Waals surface area contributed by atoms with E-state index < -0.39 is 0 Å². The highest BCUT2D eigenvalue weighted by molar-refractivity contribution is 6.04. The van der Waals surface area contributed by atoms with Gasteiger partial charge in [-0.2, -0.15) is 0 Å². The van der Waals surface area contributed by atoms with Crippen molar-refractivity contribution in [3.05, 3.63) is 90.0 Å². The Morgan fingerprint density at radius 1 is 0.923 bits per heavy atom. The summed E-state index contributed by atoms with van der Waals surface area (Å²) < 4.78 is 0. The van der Waals surface area contributed by atoms with E-state index in [0.29, 0.717) is 12.2 Å². The second-order valence-electron chi connectivity index (χ2n) is 5.74. The molecule has 128 valence electrons. The van der Waals surface area contributed by atoms with Crippen molar-refractivity contribution in [2.45, 2.75) is 6.61 Å². The number of carbonyl (C=O) groups excluding carboxylic acids is 1. The molecule has 0 aliphatic rings. The summed E-state index contributed by atoms with van der Waals surface area (Å²) in [6, 6.07) is 24.2. The molecule has 1 N–H and O–H groups in total. The molecule has 0 saturated carbocycles. The van der Waals surface area contributed by atoms with Crippen LogP contribution in [0.5, 0.6) is 0 Å². The monoisotopic (exact) mass is 344 g/mol. The first kappa shape index (κ1) is 15.8. The Hall–Kier alpha value is -3.67. The third-order valence-corrected chi connectivity index (χ3v) is 3.92. The fourth-order valence-electron chi connectivity index (χ4n) is 2.56. The van der Waals surface area contributed by atoms with Gasteiger partial charge in [-0.1, -0.05) is 47.3 Å². The van der Waals surface area contributed by atoms with Crippen LogP contribution < -0.4 is 10.2 Å². The molecule has 1 amide bonds. The van der Waals surface area contributed by atoms with Crippen molar-refractivity contribution < 1.29 is 9.63 Å². The second-order valence-corrected chi connectivity index (χ2v) is 5.74. The van der Waals surface area contributed by atoms with E-state index in [1.807, 2.05) is 66.7 Å². The van der Waals surface area contributed by atoms with Gasteiger partial charge in [-0.15, -0.1) is 5.10 Å². The van der Waals surface area contributed by atoms with Crippen LogP contribution in [0.4, 0.5) is 5.69 Å². The predicted molar refractivity (Wildman–Crippen MR) is 98.6 cm³/mol. The van der Waals surface area contributed by atoms with Crippen molar-refractivity contribution in [3.8, 4) is 0 Å². The van der Waals surface area contributed by atoms with E-state index in [0.717, 1.165) is 22.3 Å². The number of aromatic nitrogens is 3. The third kappa shape index (κ3) is 3.39. The lowest BCUT2D eigenvalue weighted by Gasteiger charge is -2.07. The number of hydrogen-bond acceptors (Lipinski definition) is 4. The minimum absolute atomic E-state index is 0.147. The molecule has 0 unspecified atom stereocenters. The molecule has 6 heteroatoms. The average molecular weight is 344 g/mol. The van der Waals surface area contributed by atoms with E-state index in [1.54, 1.807) is 12.1 Å². The minimum Gasteiger partial charge on any atom is -0.390 e. The van der Waals surface area contributed by atoms with Crippen LogP contribution in [0.1, 0.15) is 15.9 Å². The van der Waals surface area contributed by atoms with Gasteiger partial charge in [0.1, 0.15) is 17.6 Å². The Balaban J connectivity index is 1.40. The maximum Gasteiger partial charge on any atom is 0.255 e. The minimum atomic E-state index is -0.147. The molecule has 6 nitrogen and oxygen atoms in total. The van der Waals surface area contributed by atoms with Gasteiger partial charge in [0.05, 0.1) is 0 Å². The van der Waals surface area contributed by atoms with Crippen LogP contribution in [0.2, 0.25) is 0 Å². The van der Waals surface area contributed by atoms with Gasteiger partial charge in [0, 0.05) is 11.3 Å². The Labute approximate surface area is 150 Å². The fourth-order valence-corrected chi connectivity index (χ4v) is 2.56. The zero-order valence-electron chi connectivity index (χ0n) is 13.9. The van der Waals surface area contributed by atoms with E-state index >= 15 is 0 Å². The number of rotatable bonds is 5. The van der Waals surface area contributed by atoms with E-state index in [1.165, 1.54) is 4.85 Å². The van der Waals surface area contributed by atoms with Gasteiger partial charge in [-0.3, -0.25) is 4.79 Å². The molecule has 0 radical (unpaired) electrons. The summed E-state index contributed by atoms with van der Waals surface area (Å²) in [6.45, 7) is 0.327. The Morgan fingerprint density at radius 2 is 1.65 bits per heavy atom. The standard InChI is InChI=1S/C20H16N4O2/c25-20(21-17-6-2-1-3-7-17)16-12-10-15(11-13-16)14-26-24-19-9-5-4-8-18(19)22-23-24/h1-13H,14H2,(H,21,25). The summed E-state index contributed by atoms with van der Waals surface area (Å²) in [4.78, 5) is 19.3. The number of nitrogens with zero attached hydrogens (tertiary/aromatic N) is 3. The summed E-state index contributed by atoms with van der Waals surface area (Å²) in [5, 5.41) is 10.9. The van der Waals surface area contributed by atoms with Gasteiger partial charge < -0.3 is 10.2 Å². The highest BCUT2D eigenvalue weighted by Crippen LogP contribution is 2.12. The lowest BCUT2D eigenvalue weighted by atomic mass is 10.1. The van der Waals surface area contributed by atoms with Crippen LogP contribution in [0, 0.1) is 0 Å². The molecular formula is C20H16N4O2. The summed E-state index contributed by atoms with van der Waals surface area (Å²) in [6.07, 6.45) is 0. The van der Waals surface area contributed by atoms with Crippen molar-refractivity contribution in [2.24, 2.45) is 0 Å². The van der Waals surface area contributed by atoms with E-state index in [2.05, 4.69) is 15.6 Å². The van der Waals surface area contributed by atoms with E-state index in [9.17, 15) is 4.79 Å². The molecule has 0 atom stereocenters. The van der Waals surface area contributed by atoms with E-state index in [4.69, 9.17) is 4.84 Å². The molecule has 0 spiro atoms. The first-order valence-corrected chi connectivity index (χ1v) is 8.19. The quantitative estimate of drug-likeness (QED) is 0.603.